The number of carbonyl (C=O) groups is 1. The van der Waals surface area contributed by atoms with E-state index in [9.17, 15) is 9.18 Å². The summed E-state index contributed by atoms with van der Waals surface area (Å²) in [4.78, 5) is 10.9. The van der Waals surface area contributed by atoms with Crippen LogP contribution in [-0.4, -0.2) is 31.7 Å². The highest BCUT2D eigenvalue weighted by Gasteiger charge is 2.11. The molecule has 1 atom stereocenters. The fourth-order valence-electron chi connectivity index (χ4n) is 1.34. The standard InChI is InChI=1S/C12H16FNO3S/c1-16-11-4-3-8(5-9(11)13)10(14)6-18-7-12(15)17-2/h3-5,10H,6-7,14H2,1-2H3. The molecule has 4 nitrogen and oxygen atoms in total. The molecule has 0 saturated heterocycles. The molecule has 0 spiro atoms. The van der Waals surface area contributed by atoms with Crippen LogP contribution in [0.2, 0.25) is 0 Å². The average molecular weight is 273 g/mol. The number of esters is 1. The summed E-state index contributed by atoms with van der Waals surface area (Å²) < 4.78 is 22.8. The molecule has 100 valence electrons. The van der Waals surface area contributed by atoms with Gasteiger partial charge in [-0.25, -0.2) is 4.39 Å². The van der Waals surface area contributed by atoms with Crippen molar-refractivity contribution in [1.29, 1.82) is 0 Å². The molecule has 0 radical (unpaired) electrons. The summed E-state index contributed by atoms with van der Waals surface area (Å²) >= 11 is 1.35. The van der Waals surface area contributed by atoms with Crippen molar-refractivity contribution in [2.24, 2.45) is 5.73 Å². The summed E-state index contributed by atoms with van der Waals surface area (Å²) in [7, 11) is 2.74. The number of rotatable bonds is 6. The maximum atomic E-state index is 13.5. The zero-order chi connectivity index (χ0) is 13.5. The number of carbonyl (C=O) groups excluding carboxylic acids is 1. The Kier molecular flexibility index (Phi) is 5.94. The lowest BCUT2D eigenvalue weighted by atomic mass is 10.1. The van der Waals surface area contributed by atoms with Gasteiger partial charge in [0.1, 0.15) is 0 Å². The van der Waals surface area contributed by atoms with Crippen LogP contribution in [-0.2, 0) is 9.53 Å². The molecule has 0 aromatic heterocycles. The second-order valence-electron chi connectivity index (χ2n) is 3.59. The summed E-state index contributed by atoms with van der Waals surface area (Å²) in [5.41, 5.74) is 6.57. The monoisotopic (exact) mass is 273 g/mol. The van der Waals surface area contributed by atoms with Gasteiger partial charge in [-0.1, -0.05) is 6.07 Å². The van der Waals surface area contributed by atoms with Crippen LogP contribution in [0.1, 0.15) is 11.6 Å². The molecule has 0 aliphatic carbocycles. The third kappa shape index (κ3) is 4.19. The Balaban J connectivity index is 2.53. The van der Waals surface area contributed by atoms with Crippen molar-refractivity contribution in [1.82, 2.24) is 0 Å². The Labute approximate surface area is 110 Å². The highest BCUT2D eigenvalue weighted by Crippen LogP contribution is 2.22. The minimum absolute atomic E-state index is 0.188. The Bertz CT molecular complexity index is 414. The minimum atomic E-state index is -0.441. The van der Waals surface area contributed by atoms with Gasteiger partial charge in [0.15, 0.2) is 11.6 Å². The normalized spacial score (nSPS) is 12.0. The molecule has 18 heavy (non-hydrogen) atoms. The van der Waals surface area contributed by atoms with Crippen LogP contribution in [0.3, 0.4) is 0 Å². The van der Waals surface area contributed by atoms with Crippen molar-refractivity contribution in [2.45, 2.75) is 6.04 Å². The van der Waals surface area contributed by atoms with Crippen LogP contribution < -0.4 is 10.5 Å². The fraction of sp³-hybridized carbons (Fsp3) is 0.417. The van der Waals surface area contributed by atoms with Crippen molar-refractivity contribution in [3.8, 4) is 5.75 Å². The quantitative estimate of drug-likeness (QED) is 0.800. The summed E-state index contributed by atoms with van der Waals surface area (Å²) in [6, 6.07) is 4.27. The third-order valence-corrected chi connectivity index (χ3v) is 3.38. The lowest BCUT2D eigenvalue weighted by Gasteiger charge is -2.12. The van der Waals surface area contributed by atoms with Gasteiger partial charge in [0.25, 0.3) is 0 Å². The maximum absolute atomic E-state index is 13.5. The van der Waals surface area contributed by atoms with Gasteiger partial charge in [-0.2, -0.15) is 0 Å². The van der Waals surface area contributed by atoms with Gasteiger partial charge in [0.2, 0.25) is 0 Å². The van der Waals surface area contributed by atoms with Gasteiger partial charge >= 0.3 is 5.97 Å². The van der Waals surface area contributed by atoms with E-state index in [-0.39, 0.29) is 23.5 Å². The van der Waals surface area contributed by atoms with E-state index in [1.807, 2.05) is 0 Å². The van der Waals surface area contributed by atoms with E-state index in [0.29, 0.717) is 11.3 Å². The number of thioether (sulfide) groups is 1. The van der Waals surface area contributed by atoms with Crippen molar-refractivity contribution in [2.75, 3.05) is 25.7 Å². The van der Waals surface area contributed by atoms with E-state index in [1.54, 1.807) is 6.07 Å². The summed E-state index contributed by atoms with van der Waals surface area (Å²) in [6.45, 7) is 0. The van der Waals surface area contributed by atoms with Crippen molar-refractivity contribution in [3.05, 3.63) is 29.6 Å². The van der Waals surface area contributed by atoms with Gasteiger partial charge in [-0.15, -0.1) is 11.8 Å². The molecule has 0 heterocycles. The predicted molar refractivity (Wildman–Crippen MR) is 69.2 cm³/mol. The van der Waals surface area contributed by atoms with Gasteiger partial charge in [0.05, 0.1) is 20.0 Å². The van der Waals surface area contributed by atoms with Crippen molar-refractivity contribution in [3.63, 3.8) is 0 Å². The molecule has 1 aromatic carbocycles. The molecule has 2 N–H and O–H groups in total. The molecule has 0 saturated carbocycles. The molecule has 6 heteroatoms. The number of hydrogen-bond acceptors (Lipinski definition) is 5. The van der Waals surface area contributed by atoms with E-state index in [1.165, 1.54) is 38.1 Å². The van der Waals surface area contributed by atoms with Crippen LogP contribution in [0, 0.1) is 5.82 Å². The molecule has 0 fully saturated rings. The first-order chi connectivity index (χ1) is 8.58. The Hall–Kier alpha value is -1.27. The van der Waals surface area contributed by atoms with E-state index >= 15 is 0 Å². The van der Waals surface area contributed by atoms with Crippen LogP contribution in [0.5, 0.6) is 5.75 Å². The van der Waals surface area contributed by atoms with Crippen LogP contribution in [0.15, 0.2) is 18.2 Å². The highest BCUT2D eigenvalue weighted by atomic mass is 32.2. The lowest BCUT2D eigenvalue weighted by molar-refractivity contribution is -0.137. The maximum Gasteiger partial charge on any atom is 0.315 e. The summed E-state index contributed by atoms with van der Waals surface area (Å²) in [6.07, 6.45) is 0. The molecule has 1 unspecified atom stereocenters. The fourth-order valence-corrected chi connectivity index (χ4v) is 2.19. The van der Waals surface area contributed by atoms with Crippen LogP contribution in [0.25, 0.3) is 0 Å². The Morgan fingerprint density at radius 2 is 2.22 bits per heavy atom. The molecular weight excluding hydrogens is 257 g/mol. The first kappa shape index (κ1) is 14.8. The summed E-state index contributed by atoms with van der Waals surface area (Å²) in [5.74, 6) is 0.202. The third-order valence-electron chi connectivity index (χ3n) is 2.35. The average Bonchev–Trinajstić information content (AvgIpc) is 2.38. The van der Waals surface area contributed by atoms with Crippen LogP contribution >= 0.6 is 11.8 Å². The largest absolute Gasteiger partial charge is 0.494 e. The Morgan fingerprint density at radius 1 is 1.50 bits per heavy atom. The molecule has 0 aliphatic rings. The smallest absolute Gasteiger partial charge is 0.315 e. The molecule has 1 rings (SSSR count). The number of hydrogen-bond donors (Lipinski definition) is 1. The predicted octanol–water partition coefficient (Wildman–Crippen LogP) is 1.74. The van der Waals surface area contributed by atoms with Gasteiger partial charge < -0.3 is 15.2 Å². The van der Waals surface area contributed by atoms with Gasteiger partial charge in [-0.05, 0) is 17.7 Å². The molecule has 1 aromatic rings. The minimum Gasteiger partial charge on any atom is -0.494 e. The molecule has 0 bridgehead atoms. The number of halogens is 1. The van der Waals surface area contributed by atoms with E-state index in [2.05, 4.69) is 4.74 Å². The van der Waals surface area contributed by atoms with Gasteiger partial charge in [-0.3, -0.25) is 4.79 Å². The summed E-state index contributed by atoms with van der Waals surface area (Å²) in [5, 5.41) is 0. The topological polar surface area (TPSA) is 61.5 Å². The molecule has 0 amide bonds. The first-order valence-corrected chi connectivity index (χ1v) is 6.47. The van der Waals surface area contributed by atoms with Crippen molar-refractivity contribution >= 4 is 17.7 Å². The zero-order valence-corrected chi connectivity index (χ0v) is 11.1. The second kappa shape index (κ2) is 7.23. The Morgan fingerprint density at radius 3 is 2.78 bits per heavy atom. The number of benzene rings is 1. The van der Waals surface area contributed by atoms with E-state index in [0.717, 1.165) is 0 Å². The number of methoxy groups -OCH3 is 2. The SMILES string of the molecule is COC(=O)CSCC(N)c1ccc(OC)c(F)c1. The lowest BCUT2D eigenvalue weighted by Crippen LogP contribution is -2.15. The second-order valence-corrected chi connectivity index (χ2v) is 4.62. The van der Waals surface area contributed by atoms with Gasteiger partial charge in [0, 0.05) is 11.8 Å². The number of nitrogens with two attached hydrogens (primary N) is 1. The highest BCUT2D eigenvalue weighted by molar-refractivity contribution is 7.99. The first-order valence-electron chi connectivity index (χ1n) is 5.32. The number of ether oxygens (including phenoxy) is 2. The van der Waals surface area contributed by atoms with E-state index < -0.39 is 5.82 Å². The van der Waals surface area contributed by atoms with Crippen molar-refractivity contribution < 1.29 is 18.7 Å². The van der Waals surface area contributed by atoms with E-state index in [4.69, 9.17) is 10.5 Å². The molecule has 0 aliphatic heterocycles. The molecular formula is C12H16FNO3S. The zero-order valence-electron chi connectivity index (χ0n) is 10.3. The van der Waals surface area contributed by atoms with Crippen LogP contribution in [0.4, 0.5) is 4.39 Å².